The van der Waals surface area contributed by atoms with Crippen LogP contribution in [-0.2, 0) is 0 Å². The highest BCUT2D eigenvalue weighted by Gasteiger charge is 2.34. The number of likely N-dealkylation sites (tertiary alicyclic amines) is 1. The van der Waals surface area contributed by atoms with Gasteiger partial charge in [-0.25, -0.2) is 0 Å². The molecule has 1 heterocycles. The van der Waals surface area contributed by atoms with Crippen LogP contribution in [-0.4, -0.2) is 36.0 Å². The maximum Gasteiger partial charge on any atom is 0.251 e. The average molecular weight is 259 g/mol. The van der Waals surface area contributed by atoms with E-state index < -0.39 is 0 Å². The van der Waals surface area contributed by atoms with Gasteiger partial charge >= 0.3 is 0 Å². The van der Waals surface area contributed by atoms with Crippen LogP contribution < -0.4 is 11.1 Å². The minimum absolute atomic E-state index is 0.00690. The second kappa shape index (κ2) is 4.85. The number of benzene rings is 1. The third-order valence-electron chi connectivity index (χ3n) is 4.12. The Morgan fingerprint density at radius 1 is 1.37 bits per heavy atom. The SMILES string of the molecule is Cc1ccc(N)cc1C(=O)NC1CCN(C2CC2)C1. The lowest BCUT2D eigenvalue weighted by Crippen LogP contribution is -2.37. The van der Waals surface area contributed by atoms with E-state index in [0.29, 0.717) is 11.3 Å². The third-order valence-corrected chi connectivity index (χ3v) is 4.12. The fraction of sp³-hybridized carbons (Fsp3) is 0.533. The Balaban J connectivity index is 1.63. The molecule has 4 heteroatoms. The van der Waals surface area contributed by atoms with E-state index in [-0.39, 0.29) is 11.9 Å². The Bertz CT molecular complexity index is 496. The first-order valence-corrected chi connectivity index (χ1v) is 7.04. The van der Waals surface area contributed by atoms with Gasteiger partial charge in [0.2, 0.25) is 0 Å². The maximum atomic E-state index is 12.3. The smallest absolute Gasteiger partial charge is 0.251 e. The van der Waals surface area contributed by atoms with Crippen LogP contribution in [0.25, 0.3) is 0 Å². The zero-order valence-corrected chi connectivity index (χ0v) is 11.4. The molecule has 3 N–H and O–H groups in total. The van der Waals surface area contributed by atoms with Crippen molar-refractivity contribution in [2.24, 2.45) is 0 Å². The molecule has 2 fully saturated rings. The van der Waals surface area contributed by atoms with Crippen molar-refractivity contribution in [3.05, 3.63) is 29.3 Å². The number of nitrogens with one attached hydrogen (secondary N) is 1. The normalized spacial score (nSPS) is 23.5. The summed E-state index contributed by atoms with van der Waals surface area (Å²) in [6.07, 6.45) is 3.72. The van der Waals surface area contributed by atoms with E-state index in [1.807, 2.05) is 19.1 Å². The summed E-state index contributed by atoms with van der Waals surface area (Å²) in [4.78, 5) is 14.8. The summed E-state index contributed by atoms with van der Waals surface area (Å²) in [5.74, 6) is 0.00690. The van der Waals surface area contributed by atoms with Crippen molar-refractivity contribution in [3.63, 3.8) is 0 Å². The molecule has 2 aliphatic rings. The predicted octanol–water partition coefficient (Wildman–Crippen LogP) is 1.54. The minimum atomic E-state index is 0.00690. The number of amides is 1. The highest BCUT2D eigenvalue weighted by atomic mass is 16.1. The zero-order valence-electron chi connectivity index (χ0n) is 11.4. The molecular formula is C15H21N3O. The molecular weight excluding hydrogens is 238 g/mol. The molecule has 0 bridgehead atoms. The van der Waals surface area contributed by atoms with E-state index in [0.717, 1.165) is 31.1 Å². The van der Waals surface area contributed by atoms with Gasteiger partial charge in [0.1, 0.15) is 0 Å². The molecule has 102 valence electrons. The van der Waals surface area contributed by atoms with Gasteiger partial charge in [0.25, 0.3) is 5.91 Å². The van der Waals surface area contributed by atoms with E-state index in [1.54, 1.807) is 6.07 Å². The van der Waals surface area contributed by atoms with Crippen molar-refractivity contribution >= 4 is 11.6 Å². The number of hydrogen-bond donors (Lipinski definition) is 2. The molecule has 1 atom stereocenters. The number of nitrogens with two attached hydrogens (primary N) is 1. The number of carbonyl (C=O) groups excluding carboxylic acids is 1. The van der Waals surface area contributed by atoms with E-state index in [1.165, 1.54) is 12.8 Å². The predicted molar refractivity (Wildman–Crippen MR) is 76.1 cm³/mol. The molecule has 0 radical (unpaired) electrons. The second-order valence-electron chi connectivity index (χ2n) is 5.76. The molecule has 1 unspecified atom stereocenters. The monoisotopic (exact) mass is 259 g/mol. The number of nitrogens with zero attached hydrogens (tertiary/aromatic N) is 1. The van der Waals surface area contributed by atoms with Crippen molar-refractivity contribution in [2.45, 2.75) is 38.3 Å². The summed E-state index contributed by atoms with van der Waals surface area (Å²) >= 11 is 0. The highest BCUT2D eigenvalue weighted by molar-refractivity contribution is 5.96. The fourth-order valence-corrected chi connectivity index (χ4v) is 2.82. The number of carbonyl (C=O) groups is 1. The van der Waals surface area contributed by atoms with Crippen molar-refractivity contribution in [2.75, 3.05) is 18.8 Å². The van der Waals surface area contributed by atoms with Crippen molar-refractivity contribution in [1.29, 1.82) is 0 Å². The van der Waals surface area contributed by atoms with Gasteiger partial charge in [-0.2, -0.15) is 0 Å². The Labute approximate surface area is 114 Å². The van der Waals surface area contributed by atoms with Crippen LogP contribution in [0.2, 0.25) is 0 Å². The van der Waals surface area contributed by atoms with Crippen molar-refractivity contribution in [1.82, 2.24) is 10.2 Å². The zero-order chi connectivity index (χ0) is 13.4. The lowest BCUT2D eigenvalue weighted by Gasteiger charge is -2.16. The van der Waals surface area contributed by atoms with Gasteiger partial charge in [0, 0.05) is 36.4 Å². The molecule has 1 aromatic rings. The number of hydrogen-bond acceptors (Lipinski definition) is 3. The van der Waals surface area contributed by atoms with Gasteiger partial charge in [-0.05, 0) is 43.9 Å². The Morgan fingerprint density at radius 3 is 2.89 bits per heavy atom. The van der Waals surface area contributed by atoms with E-state index in [9.17, 15) is 4.79 Å². The summed E-state index contributed by atoms with van der Waals surface area (Å²) in [7, 11) is 0. The fourth-order valence-electron chi connectivity index (χ4n) is 2.82. The largest absolute Gasteiger partial charge is 0.399 e. The number of nitrogen functional groups attached to an aromatic ring is 1. The minimum Gasteiger partial charge on any atom is -0.399 e. The molecule has 0 aromatic heterocycles. The van der Waals surface area contributed by atoms with Gasteiger partial charge in [-0.3, -0.25) is 9.69 Å². The van der Waals surface area contributed by atoms with Crippen LogP contribution in [0.3, 0.4) is 0 Å². The lowest BCUT2D eigenvalue weighted by molar-refractivity contribution is 0.0937. The van der Waals surface area contributed by atoms with Crippen LogP contribution in [0, 0.1) is 6.92 Å². The van der Waals surface area contributed by atoms with Gasteiger partial charge in [-0.1, -0.05) is 6.07 Å². The standard InChI is InChI=1S/C15H21N3O/c1-10-2-3-11(16)8-14(10)15(19)17-12-6-7-18(9-12)13-4-5-13/h2-3,8,12-13H,4-7,9,16H2,1H3,(H,17,19). The van der Waals surface area contributed by atoms with E-state index in [2.05, 4.69) is 10.2 Å². The molecule has 19 heavy (non-hydrogen) atoms. The topological polar surface area (TPSA) is 58.4 Å². The quantitative estimate of drug-likeness (QED) is 0.810. The number of anilines is 1. The molecule has 0 spiro atoms. The second-order valence-corrected chi connectivity index (χ2v) is 5.76. The Morgan fingerprint density at radius 2 is 2.16 bits per heavy atom. The van der Waals surface area contributed by atoms with Crippen LogP contribution >= 0.6 is 0 Å². The average Bonchev–Trinajstić information content (AvgIpc) is 3.13. The van der Waals surface area contributed by atoms with Crippen LogP contribution in [0.1, 0.15) is 35.2 Å². The van der Waals surface area contributed by atoms with Crippen molar-refractivity contribution < 1.29 is 4.79 Å². The molecule has 1 aliphatic carbocycles. The van der Waals surface area contributed by atoms with E-state index in [4.69, 9.17) is 5.73 Å². The lowest BCUT2D eigenvalue weighted by atomic mass is 10.1. The molecule has 3 rings (SSSR count). The number of rotatable bonds is 3. The first-order chi connectivity index (χ1) is 9.13. The Hall–Kier alpha value is -1.55. The maximum absolute atomic E-state index is 12.3. The van der Waals surface area contributed by atoms with Gasteiger partial charge in [-0.15, -0.1) is 0 Å². The molecule has 1 saturated carbocycles. The first-order valence-electron chi connectivity index (χ1n) is 7.04. The molecule has 1 saturated heterocycles. The summed E-state index contributed by atoms with van der Waals surface area (Å²) in [5, 5.41) is 3.14. The summed E-state index contributed by atoms with van der Waals surface area (Å²) in [6.45, 7) is 4.06. The van der Waals surface area contributed by atoms with Crippen LogP contribution in [0.15, 0.2) is 18.2 Å². The van der Waals surface area contributed by atoms with Gasteiger partial charge in [0.15, 0.2) is 0 Å². The highest BCUT2D eigenvalue weighted by Crippen LogP contribution is 2.29. The summed E-state index contributed by atoms with van der Waals surface area (Å²) < 4.78 is 0. The number of aryl methyl sites for hydroxylation is 1. The van der Waals surface area contributed by atoms with Crippen LogP contribution in [0.5, 0.6) is 0 Å². The van der Waals surface area contributed by atoms with Gasteiger partial charge < -0.3 is 11.1 Å². The third kappa shape index (κ3) is 2.73. The van der Waals surface area contributed by atoms with Crippen molar-refractivity contribution in [3.8, 4) is 0 Å². The summed E-state index contributed by atoms with van der Waals surface area (Å²) in [6, 6.07) is 6.56. The molecule has 4 nitrogen and oxygen atoms in total. The molecule has 1 aliphatic heterocycles. The molecule has 1 amide bonds. The first kappa shape index (κ1) is 12.5. The Kier molecular flexibility index (Phi) is 3.19. The van der Waals surface area contributed by atoms with E-state index >= 15 is 0 Å². The van der Waals surface area contributed by atoms with Gasteiger partial charge in [0.05, 0.1) is 0 Å². The van der Waals surface area contributed by atoms with Crippen LogP contribution in [0.4, 0.5) is 5.69 Å². The summed E-state index contributed by atoms with van der Waals surface area (Å²) in [5.41, 5.74) is 8.07. The molecule has 1 aromatic carbocycles.